The van der Waals surface area contributed by atoms with Crippen molar-refractivity contribution in [3.05, 3.63) is 71.7 Å². The Bertz CT molecular complexity index is 879. The molecule has 1 aliphatic heterocycles. The number of rotatable bonds is 4. The molecule has 0 aromatic heterocycles. The minimum atomic E-state index is -0.392. The molecule has 0 spiro atoms. The van der Waals surface area contributed by atoms with Crippen molar-refractivity contribution in [3.8, 4) is 0 Å². The number of benzene rings is 2. The van der Waals surface area contributed by atoms with E-state index in [0.29, 0.717) is 10.9 Å². The van der Waals surface area contributed by atoms with Gasteiger partial charge in [0, 0.05) is 7.05 Å². The summed E-state index contributed by atoms with van der Waals surface area (Å²) in [6.07, 6.45) is 1.69. The summed E-state index contributed by atoms with van der Waals surface area (Å²) in [6.45, 7) is 0. The number of hydrogen-bond donors (Lipinski definition) is 1. The normalized spacial score (nSPS) is 15.3. The van der Waals surface area contributed by atoms with Crippen LogP contribution in [0.3, 0.4) is 0 Å². The van der Waals surface area contributed by atoms with Crippen LogP contribution in [-0.4, -0.2) is 29.8 Å². The van der Waals surface area contributed by atoms with Gasteiger partial charge in [-0.3, -0.25) is 14.5 Å². The zero-order chi connectivity index (χ0) is 18.5. The van der Waals surface area contributed by atoms with Crippen molar-refractivity contribution in [3.63, 3.8) is 0 Å². The Morgan fingerprint density at radius 2 is 1.88 bits per heavy atom. The molecule has 0 saturated heterocycles. The van der Waals surface area contributed by atoms with Gasteiger partial charge in [-0.2, -0.15) is 0 Å². The first-order valence-electron chi connectivity index (χ1n) is 7.87. The Morgan fingerprint density at radius 3 is 2.54 bits per heavy atom. The number of aliphatic imine (C=N–C) groups is 1. The van der Waals surface area contributed by atoms with E-state index in [0.717, 1.165) is 17.3 Å². The van der Waals surface area contributed by atoms with Crippen molar-refractivity contribution in [2.24, 2.45) is 4.99 Å². The predicted octanol–water partition coefficient (Wildman–Crippen LogP) is 3.05. The van der Waals surface area contributed by atoms with Gasteiger partial charge in [0.2, 0.25) is 5.91 Å². The molecule has 0 bridgehead atoms. The quantitative estimate of drug-likeness (QED) is 0.843. The second-order valence-electron chi connectivity index (χ2n) is 5.41. The number of halogens is 1. The van der Waals surface area contributed by atoms with Crippen LogP contribution in [-0.2, 0) is 9.59 Å². The van der Waals surface area contributed by atoms with E-state index < -0.39 is 5.82 Å². The van der Waals surface area contributed by atoms with Gasteiger partial charge in [-0.05, 0) is 35.9 Å². The lowest BCUT2D eigenvalue weighted by molar-refractivity contribution is -0.118. The van der Waals surface area contributed by atoms with Gasteiger partial charge in [0.25, 0.3) is 5.91 Å². The molecule has 0 saturated carbocycles. The Balaban J connectivity index is 1.94. The van der Waals surface area contributed by atoms with Crippen LogP contribution < -0.4 is 10.2 Å². The molecule has 7 heteroatoms. The minimum absolute atomic E-state index is 0.124. The standard InChI is InChI=1S/C19H16FN3O2S/c1-21-17(24)12-26-19-22-16(11-13-5-3-2-4-6-13)18(25)23(19)15-9-7-14(20)8-10-15/h2-11H,12H2,1H3,(H,21,24). The SMILES string of the molecule is CNC(=O)CSC1=NC(=Cc2ccccc2)C(=O)N1c1ccc(F)cc1. The number of amidine groups is 1. The van der Waals surface area contributed by atoms with Gasteiger partial charge < -0.3 is 5.32 Å². The molecule has 1 heterocycles. The first kappa shape index (κ1) is 17.9. The fourth-order valence-corrected chi connectivity index (χ4v) is 3.21. The third kappa shape index (κ3) is 4.00. The average molecular weight is 369 g/mol. The molecule has 2 amide bonds. The molecule has 2 aromatic carbocycles. The molecule has 1 aliphatic rings. The maximum atomic E-state index is 13.2. The Hall–Kier alpha value is -2.93. The number of nitrogens with zero attached hydrogens (tertiary/aromatic N) is 2. The second kappa shape index (κ2) is 7.97. The van der Waals surface area contributed by atoms with Gasteiger partial charge in [0.05, 0.1) is 11.4 Å². The van der Waals surface area contributed by atoms with Crippen LogP contribution in [0.25, 0.3) is 6.08 Å². The number of carbonyl (C=O) groups is 2. The molecular weight excluding hydrogens is 353 g/mol. The van der Waals surface area contributed by atoms with Crippen LogP contribution in [0.5, 0.6) is 0 Å². The number of nitrogens with one attached hydrogen (secondary N) is 1. The second-order valence-corrected chi connectivity index (χ2v) is 6.36. The monoisotopic (exact) mass is 369 g/mol. The Kier molecular flexibility index (Phi) is 5.48. The third-order valence-electron chi connectivity index (χ3n) is 3.63. The number of amides is 2. The number of hydrogen-bond acceptors (Lipinski definition) is 4. The van der Waals surface area contributed by atoms with Crippen LogP contribution in [0, 0.1) is 5.82 Å². The molecule has 132 valence electrons. The van der Waals surface area contributed by atoms with Gasteiger partial charge in [-0.15, -0.1) is 0 Å². The van der Waals surface area contributed by atoms with Crippen molar-refractivity contribution in [2.75, 3.05) is 17.7 Å². The van der Waals surface area contributed by atoms with Crippen molar-refractivity contribution in [1.82, 2.24) is 5.32 Å². The summed E-state index contributed by atoms with van der Waals surface area (Å²) in [5, 5.41) is 2.91. The highest BCUT2D eigenvalue weighted by Crippen LogP contribution is 2.29. The van der Waals surface area contributed by atoms with E-state index in [1.54, 1.807) is 13.1 Å². The maximum absolute atomic E-state index is 13.2. The third-order valence-corrected chi connectivity index (χ3v) is 4.57. The van der Waals surface area contributed by atoms with Crippen LogP contribution >= 0.6 is 11.8 Å². The molecule has 0 atom stereocenters. The fourth-order valence-electron chi connectivity index (χ4n) is 2.32. The van der Waals surface area contributed by atoms with E-state index in [1.165, 1.54) is 29.2 Å². The maximum Gasteiger partial charge on any atom is 0.283 e. The number of anilines is 1. The molecule has 5 nitrogen and oxygen atoms in total. The number of carbonyl (C=O) groups excluding carboxylic acids is 2. The highest BCUT2D eigenvalue weighted by molar-refractivity contribution is 8.14. The predicted molar refractivity (Wildman–Crippen MR) is 102 cm³/mol. The average Bonchev–Trinajstić information content (AvgIpc) is 2.97. The van der Waals surface area contributed by atoms with E-state index in [1.807, 2.05) is 30.3 Å². The summed E-state index contributed by atoms with van der Waals surface area (Å²) in [5.41, 5.74) is 1.60. The van der Waals surface area contributed by atoms with Gasteiger partial charge in [-0.25, -0.2) is 9.38 Å². The largest absolute Gasteiger partial charge is 0.358 e. The van der Waals surface area contributed by atoms with Crippen molar-refractivity contribution in [1.29, 1.82) is 0 Å². The first-order valence-corrected chi connectivity index (χ1v) is 8.86. The summed E-state index contributed by atoms with van der Waals surface area (Å²) >= 11 is 1.15. The topological polar surface area (TPSA) is 61.8 Å². The summed E-state index contributed by atoms with van der Waals surface area (Å²) in [7, 11) is 1.54. The van der Waals surface area contributed by atoms with Crippen molar-refractivity contribution >= 4 is 40.5 Å². The lowest BCUT2D eigenvalue weighted by Crippen LogP contribution is -2.31. The molecule has 0 fully saturated rings. The summed E-state index contributed by atoms with van der Waals surface area (Å²) in [6, 6.07) is 14.9. The van der Waals surface area contributed by atoms with Crippen molar-refractivity contribution < 1.29 is 14.0 Å². The molecule has 3 rings (SSSR count). The van der Waals surface area contributed by atoms with E-state index in [-0.39, 0.29) is 23.3 Å². The molecular formula is C19H16FN3O2S. The summed E-state index contributed by atoms with van der Waals surface area (Å²) in [5.74, 6) is -0.764. The summed E-state index contributed by atoms with van der Waals surface area (Å²) < 4.78 is 13.2. The van der Waals surface area contributed by atoms with Gasteiger partial charge >= 0.3 is 0 Å². The molecule has 1 N–H and O–H groups in total. The van der Waals surface area contributed by atoms with E-state index >= 15 is 0 Å². The van der Waals surface area contributed by atoms with Gasteiger partial charge in [0.15, 0.2) is 5.17 Å². The van der Waals surface area contributed by atoms with Gasteiger partial charge in [-0.1, -0.05) is 42.1 Å². The first-order chi connectivity index (χ1) is 12.6. The summed E-state index contributed by atoms with van der Waals surface area (Å²) in [4.78, 5) is 30.2. The zero-order valence-electron chi connectivity index (χ0n) is 14.0. The van der Waals surface area contributed by atoms with Gasteiger partial charge in [0.1, 0.15) is 11.5 Å². The highest BCUT2D eigenvalue weighted by Gasteiger charge is 2.32. The minimum Gasteiger partial charge on any atom is -0.358 e. The molecule has 0 unspecified atom stereocenters. The Morgan fingerprint density at radius 1 is 1.19 bits per heavy atom. The highest BCUT2D eigenvalue weighted by atomic mass is 32.2. The number of thioether (sulfide) groups is 1. The lowest BCUT2D eigenvalue weighted by atomic mass is 10.2. The van der Waals surface area contributed by atoms with E-state index in [9.17, 15) is 14.0 Å². The van der Waals surface area contributed by atoms with Crippen LogP contribution in [0.1, 0.15) is 5.56 Å². The lowest BCUT2D eigenvalue weighted by Gasteiger charge is -2.17. The van der Waals surface area contributed by atoms with Crippen molar-refractivity contribution in [2.45, 2.75) is 0 Å². The van der Waals surface area contributed by atoms with Crippen LogP contribution in [0.2, 0.25) is 0 Å². The van der Waals surface area contributed by atoms with E-state index in [2.05, 4.69) is 10.3 Å². The molecule has 26 heavy (non-hydrogen) atoms. The smallest absolute Gasteiger partial charge is 0.283 e. The van der Waals surface area contributed by atoms with Crippen LogP contribution in [0.15, 0.2) is 65.3 Å². The molecule has 0 aliphatic carbocycles. The Labute approximate surface area is 154 Å². The van der Waals surface area contributed by atoms with E-state index in [4.69, 9.17) is 0 Å². The van der Waals surface area contributed by atoms with Crippen LogP contribution in [0.4, 0.5) is 10.1 Å². The fraction of sp³-hybridized carbons (Fsp3) is 0.105. The molecule has 0 radical (unpaired) electrons. The zero-order valence-corrected chi connectivity index (χ0v) is 14.8. The molecule has 2 aromatic rings.